The molecule has 0 unspecified atom stereocenters. The van der Waals surface area contributed by atoms with E-state index in [9.17, 15) is 0 Å². The Morgan fingerprint density at radius 3 is 2.19 bits per heavy atom. The van der Waals surface area contributed by atoms with Gasteiger partial charge in [-0.25, -0.2) is 4.48 Å². The molecule has 0 aromatic rings. The normalized spacial score (nSPS) is 11.8. The second-order valence-electron chi connectivity index (χ2n) is 5.18. The Balaban J connectivity index is 4.24. The molecule has 0 spiro atoms. The van der Waals surface area contributed by atoms with Crippen molar-refractivity contribution in [1.29, 1.82) is 0 Å². The number of quaternary nitrogens is 1. The lowest BCUT2D eigenvalue weighted by Gasteiger charge is -2.24. The van der Waals surface area contributed by atoms with E-state index in [1.165, 1.54) is 0 Å². The van der Waals surface area contributed by atoms with Crippen LogP contribution in [0.25, 0.3) is 0 Å². The molecule has 0 fully saturated rings. The standard InChI is InChI=1S/C12H29N3O/c1-8-15(6,7)12(14(4)5)16-11-9-10-13(2)3/h8-11H2,1-7H3/q+2. The van der Waals surface area contributed by atoms with Crippen LogP contribution in [-0.4, -0.2) is 82.0 Å². The van der Waals surface area contributed by atoms with E-state index in [1.807, 2.05) is 14.1 Å². The molecule has 4 heteroatoms. The molecule has 0 amide bonds. The highest BCUT2D eigenvalue weighted by atomic mass is 16.5. The zero-order chi connectivity index (χ0) is 12.8. The van der Waals surface area contributed by atoms with Gasteiger partial charge in [0.2, 0.25) is 0 Å². The molecule has 0 saturated carbocycles. The van der Waals surface area contributed by atoms with Gasteiger partial charge in [-0.15, -0.1) is 0 Å². The SMILES string of the molecule is CC[N+](C)(C)C(OCCCN(C)C)=[N+](C)C. The van der Waals surface area contributed by atoms with Crippen molar-refractivity contribution in [2.45, 2.75) is 13.3 Å². The zero-order valence-electron chi connectivity index (χ0n) is 12.1. The number of hydrogen-bond acceptors (Lipinski definition) is 2. The van der Waals surface area contributed by atoms with Gasteiger partial charge in [0.1, 0.15) is 20.7 Å². The summed E-state index contributed by atoms with van der Waals surface area (Å²) in [5.74, 6) is 0. The molecular formula is C12H29N3O+2. The lowest BCUT2D eigenvalue weighted by atomic mass is 10.4. The van der Waals surface area contributed by atoms with Crippen LogP contribution in [0, 0.1) is 0 Å². The average Bonchev–Trinajstić information content (AvgIpc) is 2.16. The number of rotatable bonds is 5. The van der Waals surface area contributed by atoms with E-state index >= 15 is 0 Å². The van der Waals surface area contributed by atoms with Gasteiger partial charge >= 0.3 is 6.02 Å². The van der Waals surface area contributed by atoms with Crippen molar-refractivity contribution in [1.82, 2.24) is 4.90 Å². The first kappa shape index (κ1) is 15.4. The summed E-state index contributed by atoms with van der Waals surface area (Å²) in [7, 11) is 12.6. The average molecular weight is 231 g/mol. The molecule has 16 heavy (non-hydrogen) atoms. The lowest BCUT2D eigenvalue weighted by Crippen LogP contribution is -2.50. The van der Waals surface area contributed by atoms with Crippen molar-refractivity contribution < 1.29 is 13.8 Å². The molecular weight excluding hydrogens is 202 g/mol. The molecule has 0 aliphatic rings. The fourth-order valence-electron chi connectivity index (χ4n) is 1.52. The first-order valence-electron chi connectivity index (χ1n) is 5.96. The van der Waals surface area contributed by atoms with E-state index in [1.54, 1.807) is 0 Å². The molecule has 4 nitrogen and oxygen atoms in total. The van der Waals surface area contributed by atoms with Gasteiger partial charge < -0.3 is 9.64 Å². The molecule has 0 aromatic heterocycles. The highest BCUT2D eigenvalue weighted by Gasteiger charge is 2.31. The predicted octanol–water partition coefficient (Wildman–Crippen LogP) is 0.679. The van der Waals surface area contributed by atoms with Crippen LogP contribution in [0.3, 0.4) is 0 Å². The van der Waals surface area contributed by atoms with Gasteiger partial charge in [-0.2, -0.15) is 4.58 Å². The minimum atomic E-state index is 0.785. The molecule has 96 valence electrons. The molecule has 0 radical (unpaired) electrons. The number of hydrogen-bond donors (Lipinski definition) is 0. The largest absolute Gasteiger partial charge is 0.544 e. The van der Waals surface area contributed by atoms with Crippen molar-refractivity contribution >= 4 is 6.02 Å². The third kappa shape index (κ3) is 5.47. The van der Waals surface area contributed by atoms with Crippen LogP contribution in [0.1, 0.15) is 13.3 Å². The maximum absolute atomic E-state index is 5.90. The molecule has 0 atom stereocenters. The molecule has 0 N–H and O–H groups in total. The van der Waals surface area contributed by atoms with Crippen molar-refractivity contribution in [2.75, 3.05) is 62.0 Å². The van der Waals surface area contributed by atoms with Gasteiger partial charge in [-0.05, 0) is 27.4 Å². The third-order valence-corrected chi connectivity index (χ3v) is 2.67. The van der Waals surface area contributed by atoms with E-state index in [2.05, 4.69) is 44.6 Å². The predicted molar refractivity (Wildman–Crippen MR) is 68.9 cm³/mol. The molecule has 0 aliphatic carbocycles. The van der Waals surface area contributed by atoms with Gasteiger partial charge in [0.05, 0.1) is 20.6 Å². The zero-order valence-corrected chi connectivity index (χ0v) is 12.1. The van der Waals surface area contributed by atoms with Crippen LogP contribution in [0.2, 0.25) is 0 Å². The lowest BCUT2D eigenvalue weighted by molar-refractivity contribution is -0.834. The van der Waals surface area contributed by atoms with Crippen molar-refractivity contribution in [3.05, 3.63) is 0 Å². The quantitative estimate of drug-likeness (QED) is 0.227. The van der Waals surface area contributed by atoms with Crippen LogP contribution in [0.5, 0.6) is 0 Å². The summed E-state index contributed by atoms with van der Waals surface area (Å²) < 4.78 is 8.75. The maximum atomic E-state index is 5.90. The van der Waals surface area contributed by atoms with Gasteiger partial charge in [-0.3, -0.25) is 0 Å². The Kier molecular flexibility index (Phi) is 6.60. The van der Waals surface area contributed by atoms with Gasteiger partial charge in [-0.1, -0.05) is 0 Å². The fraction of sp³-hybridized carbons (Fsp3) is 0.917. The molecule has 0 saturated heterocycles. The van der Waals surface area contributed by atoms with Crippen LogP contribution in [-0.2, 0) is 4.74 Å². The summed E-state index contributed by atoms with van der Waals surface area (Å²) in [5.41, 5.74) is 0. The van der Waals surface area contributed by atoms with Crippen LogP contribution < -0.4 is 0 Å². The second-order valence-corrected chi connectivity index (χ2v) is 5.18. The van der Waals surface area contributed by atoms with E-state index in [0.717, 1.165) is 36.6 Å². The topological polar surface area (TPSA) is 15.5 Å². The minimum absolute atomic E-state index is 0.785. The van der Waals surface area contributed by atoms with Crippen LogP contribution >= 0.6 is 0 Å². The van der Waals surface area contributed by atoms with Crippen LogP contribution in [0.4, 0.5) is 0 Å². The van der Waals surface area contributed by atoms with Crippen molar-refractivity contribution in [3.8, 4) is 0 Å². The number of nitrogens with zero attached hydrogens (tertiary/aromatic N) is 3. The Labute approximate surface area is 101 Å². The van der Waals surface area contributed by atoms with E-state index < -0.39 is 0 Å². The van der Waals surface area contributed by atoms with E-state index in [-0.39, 0.29) is 0 Å². The third-order valence-electron chi connectivity index (χ3n) is 2.67. The first-order chi connectivity index (χ1) is 7.31. The smallest absolute Gasteiger partial charge is 0.401 e. The molecule has 0 bridgehead atoms. The van der Waals surface area contributed by atoms with Crippen LogP contribution in [0.15, 0.2) is 0 Å². The van der Waals surface area contributed by atoms with Gasteiger partial charge in [0.25, 0.3) is 0 Å². The summed E-state index contributed by atoms with van der Waals surface area (Å²) in [6.45, 7) is 5.06. The highest BCUT2D eigenvalue weighted by Crippen LogP contribution is 2.01. The number of ether oxygens (including phenoxy) is 1. The van der Waals surface area contributed by atoms with Gasteiger partial charge in [0, 0.05) is 6.54 Å². The van der Waals surface area contributed by atoms with Crippen molar-refractivity contribution in [3.63, 3.8) is 0 Å². The van der Waals surface area contributed by atoms with Gasteiger partial charge in [0.15, 0.2) is 0 Å². The second kappa shape index (κ2) is 6.86. The summed E-state index contributed by atoms with van der Waals surface area (Å²) in [5, 5.41) is 0. The highest BCUT2D eigenvalue weighted by molar-refractivity contribution is 5.60. The summed E-state index contributed by atoms with van der Waals surface area (Å²) in [6, 6.07) is 1.03. The molecule has 0 aliphatic heterocycles. The summed E-state index contributed by atoms with van der Waals surface area (Å²) in [6.07, 6.45) is 1.06. The van der Waals surface area contributed by atoms with E-state index in [0.29, 0.717) is 0 Å². The molecule has 0 aromatic carbocycles. The summed E-state index contributed by atoms with van der Waals surface area (Å²) >= 11 is 0. The molecule has 0 heterocycles. The maximum Gasteiger partial charge on any atom is 0.544 e. The number of amidine groups is 1. The minimum Gasteiger partial charge on any atom is -0.401 e. The fourth-order valence-corrected chi connectivity index (χ4v) is 1.52. The molecule has 0 rings (SSSR count). The van der Waals surface area contributed by atoms with E-state index in [4.69, 9.17) is 4.74 Å². The Morgan fingerprint density at radius 1 is 1.25 bits per heavy atom. The summed E-state index contributed by atoms with van der Waals surface area (Å²) in [4.78, 5) is 2.18. The first-order valence-corrected chi connectivity index (χ1v) is 5.96. The monoisotopic (exact) mass is 231 g/mol. The van der Waals surface area contributed by atoms with Crippen molar-refractivity contribution in [2.24, 2.45) is 0 Å². The Bertz CT molecular complexity index is 230. The Hall–Kier alpha value is -0.610. The Morgan fingerprint density at radius 2 is 1.81 bits per heavy atom.